The molecule has 0 spiro atoms. The lowest BCUT2D eigenvalue weighted by atomic mass is 10.1. The number of rotatable bonds is 8. The van der Waals surface area contributed by atoms with E-state index in [1.54, 1.807) is 11.3 Å². The molecular weight excluding hydrogens is 218 g/mol. The molecule has 2 atom stereocenters. The van der Waals surface area contributed by atoms with Crippen molar-refractivity contribution < 1.29 is 4.74 Å². The molecule has 1 rings (SSSR count). The Morgan fingerprint density at radius 2 is 2.19 bits per heavy atom. The molecule has 1 heterocycles. The summed E-state index contributed by atoms with van der Waals surface area (Å²) in [6.45, 7) is 5.05. The van der Waals surface area contributed by atoms with Crippen LogP contribution in [-0.4, -0.2) is 12.6 Å². The average Bonchev–Trinajstić information content (AvgIpc) is 2.76. The van der Waals surface area contributed by atoms with E-state index in [1.807, 2.05) is 6.92 Å². The summed E-state index contributed by atoms with van der Waals surface area (Å²) in [5.74, 6) is 0. The Kier molecular flexibility index (Phi) is 6.69. The van der Waals surface area contributed by atoms with Gasteiger partial charge in [-0.05, 0) is 24.8 Å². The average molecular weight is 241 g/mol. The van der Waals surface area contributed by atoms with Crippen molar-refractivity contribution in [3.63, 3.8) is 0 Å². The van der Waals surface area contributed by atoms with Crippen LogP contribution in [0.3, 0.4) is 0 Å². The zero-order chi connectivity index (χ0) is 11.8. The highest BCUT2D eigenvalue weighted by molar-refractivity contribution is 7.10. The number of hydrogen-bond donors (Lipinski definition) is 1. The second kappa shape index (κ2) is 7.82. The third-order valence-electron chi connectivity index (χ3n) is 2.60. The van der Waals surface area contributed by atoms with Crippen molar-refractivity contribution in [2.45, 2.75) is 51.7 Å². The first-order valence-corrected chi connectivity index (χ1v) is 7.04. The van der Waals surface area contributed by atoms with E-state index in [4.69, 9.17) is 10.5 Å². The maximum absolute atomic E-state index is 5.95. The minimum absolute atomic E-state index is 0.0600. The van der Waals surface area contributed by atoms with Gasteiger partial charge in [0.1, 0.15) is 6.10 Å². The molecule has 0 amide bonds. The van der Waals surface area contributed by atoms with Gasteiger partial charge in [-0.1, -0.05) is 32.3 Å². The van der Waals surface area contributed by atoms with E-state index in [0.717, 1.165) is 13.0 Å². The molecule has 16 heavy (non-hydrogen) atoms. The van der Waals surface area contributed by atoms with Gasteiger partial charge in [0, 0.05) is 17.5 Å². The van der Waals surface area contributed by atoms with Crippen LogP contribution in [0.4, 0.5) is 0 Å². The molecule has 1 aromatic rings. The van der Waals surface area contributed by atoms with Gasteiger partial charge in [-0.25, -0.2) is 0 Å². The number of hydrogen-bond acceptors (Lipinski definition) is 3. The molecule has 0 aliphatic heterocycles. The largest absolute Gasteiger partial charge is 0.371 e. The maximum atomic E-state index is 5.95. The summed E-state index contributed by atoms with van der Waals surface area (Å²) in [4.78, 5) is 1.24. The molecular formula is C13H23NOS. The van der Waals surface area contributed by atoms with Crippen molar-refractivity contribution in [2.24, 2.45) is 5.73 Å². The van der Waals surface area contributed by atoms with Crippen molar-refractivity contribution in [1.29, 1.82) is 0 Å². The first kappa shape index (κ1) is 13.7. The van der Waals surface area contributed by atoms with Crippen LogP contribution in [0.5, 0.6) is 0 Å². The fourth-order valence-electron chi connectivity index (χ4n) is 1.69. The Hall–Kier alpha value is -0.380. The van der Waals surface area contributed by atoms with Gasteiger partial charge >= 0.3 is 0 Å². The molecule has 0 aliphatic rings. The highest BCUT2D eigenvalue weighted by Crippen LogP contribution is 2.25. The number of nitrogens with two attached hydrogens (primary N) is 1. The summed E-state index contributed by atoms with van der Waals surface area (Å²) >= 11 is 1.72. The van der Waals surface area contributed by atoms with E-state index in [2.05, 4.69) is 24.4 Å². The summed E-state index contributed by atoms with van der Waals surface area (Å²) in [6.07, 6.45) is 5.03. The second-order valence-corrected chi connectivity index (χ2v) is 5.21. The highest BCUT2D eigenvalue weighted by atomic mass is 32.1. The summed E-state index contributed by atoms with van der Waals surface area (Å²) in [5.41, 5.74) is 5.95. The zero-order valence-corrected chi connectivity index (χ0v) is 11.1. The summed E-state index contributed by atoms with van der Waals surface area (Å²) in [6, 6.07) is 4.21. The van der Waals surface area contributed by atoms with Crippen molar-refractivity contribution in [3.8, 4) is 0 Å². The Morgan fingerprint density at radius 1 is 1.38 bits per heavy atom. The lowest BCUT2D eigenvalue weighted by molar-refractivity contribution is 0.0382. The van der Waals surface area contributed by atoms with Crippen LogP contribution in [0.15, 0.2) is 17.5 Å². The molecule has 0 saturated carbocycles. The van der Waals surface area contributed by atoms with E-state index in [-0.39, 0.29) is 12.1 Å². The third-order valence-corrected chi connectivity index (χ3v) is 3.53. The smallest absolute Gasteiger partial charge is 0.106 e. The summed E-state index contributed by atoms with van der Waals surface area (Å²) in [5, 5.41) is 2.07. The van der Waals surface area contributed by atoms with Gasteiger partial charge in [0.15, 0.2) is 0 Å². The Morgan fingerprint density at radius 3 is 2.75 bits per heavy atom. The predicted molar refractivity (Wildman–Crippen MR) is 70.8 cm³/mol. The van der Waals surface area contributed by atoms with Gasteiger partial charge in [0.05, 0.1) is 0 Å². The monoisotopic (exact) mass is 241 g/mol. The Bertz CT molecular complexity index is 259. The molecule has 0 aliphatic carbocycles. The molecule has 0 bridgehead atoms. The highest BCUT2D eigenvalue weighted by Gasteiger charge is 2.17. The quantitative estimate of drug-likeness (QED) is 0.704. The number of ether oxygens (including phenoxy) is 1. The van der Waals surface area contributed by atoms with E-state index >= 15 is 0 Å². The molecule has 2 unspecified atom stereocenters. The van der Waals surface area contributed by atoms with Crippen molar-refractivity contribution in [1.82, 2.24) is 0 Å². The summed E-state index contributed by atoms with van der Waals surface area (Å²) in [7, 11) is 0. The van der Waals surface area contributed by atoms with Crippen LogP contribution < -0.4 is 5.73 Å². The van der Waals surface area contributed by atoms with Crippen LogP contribution in [0.1, 0.15) is 50.5 Å². The van der Waals surface area contributed by atoms with Crippen LogP contribution >= 0.6 is 11.3 Å². The van der Waals surface area contributed by atoms with Gasteiger partial charge in [-0.2, -0.15) is 0 Å². The SMILES string of the molecule is CCCCCCOC(c1cccs1)C(C)N. The molecule has 0 radical (unpaired) electrons. The first-order valence-electron chi connectivity index (χ1n) is 6.16. The topological polar surface area (TPSA) is 35.2 Å². The van der Waals surface area contributed by atoms with Crippen molar-refractivity contribution in [2.75, 3.05) is 6.61 Å². The predicted octanol–water partition coefficient (Wildman–Crippen LogP) is 3.73. The Labute approximate surface area is 103 Å². The van der Waals surface area contributed by atoms with E-state index in [9.17, 15) is 0 Å². The minimum Gasteiger partial charge on any atom is -0.371 e. The van der Waals surface area contributed by atoms with Crippen LogP contribution in [0.2, 0.25) is 0 Å². The molecule has 92 valence electrons. The zero-order valence-electron chi connectivity index (χ0n) is 10.3. The lowest BCUT2D eigenvalue weighted by Crippen LogP contribution is -2.26. The van der Waals surface area contributed by atoms with Gasteiger partial charge in [0.2, 0.25) is 0 Å². The fourth-order valence-corrected chi connectivity index (χ4v) is 2.57. The molecule has 2 nitrogen and oxygen atoms in total. The fraction of sp³-hybridized carbons (Fsp3) is 0.692. The maximum Gasteiger partial charge on any atom is 0.106 e. The third kappa shape index (κ3) is 4.64. The van der Waals surface area contributed by atoms with Crippen LogP contribution in [-0.2, 0) is 4.74 Å². The lowest BCUT2D eigenvalue weighted by Gasteiger charge is -2.20. The van der Waals surface area contributed by atoms with Gasteiger partial charge in [0.25, 0.3) is 0 Å². The molecule has 0 aromatic carbocycles. The summed E-state index contributed by atoms with van der Waals surface area (Å²) < 4.78 is 5.88. The second-order valence-electron chi connectivity index (χ2n) is 4.23. The normalized spacial score (nSPS) is 14.9. The van der Waals surface area contributed by atoms with Crippen molar-refractivity contribution >= 4 is 11.3 Å². The van der Waals surface area contributed by atoms with Crippen LogP contribution in [0, 0.1) is 0 Å². The molecule has 2 N–H and O–H groups in total. The van der Waals surface area contributed by atoms with Gasteiger partial charge in [-0.3, -0.25) is 0 Å². The minimum atomic E-state index is 0.0600. The first-order chi connectivity index (χ1) is 7.75. The number of unbranched alkanes of at least 4 members (excludes halogenated alkanes) is 3. The number of thiophene rings is 1. The van der Waals surface area contributed by atoms with E-state index < -0.39 is 0 Å². The molecule has 3 heteroatoms. The molecule has 1 aromatic heterocycles. The van der Waals surface area contributed by atoms with Crippen molar-refractivity contribution in [3.05, 3.63) is 22.4 Å². The Balaban J connectivity index is 2.30. The van der Waals surface area contributed by atoms with Crippen LogP contribution in [0.25, 0.3) is 0 Å². The van der Waals surface area contributed by atoms with Gasteiger partial charge in [-0.15, -0.1) is 11.3 Å². The van der Waals surface area contributed by atoms with E-state index in [1.165, 1.54) is 24.1 Å². The molecule has 0 saturated heterocycles. The standard InChI is InChI=1S/C13H23NOS/c1-3-4-5-6-9-15-13(11(2)14)12-8-7-10-16-12/h7-8,10-11,13H,3-6,9,14H2,1-2H3. The van der Waals surface area contributed by atoms with E-state index in [0.29, 0.717) is 0 Å². The van der Waals surface area contributed by atoms with Gasteiger partial charge < -0.3 is 10.5 Å². The molecule has 0 fully saturated rings.